The molecule has 3 rings (SSSR count). The second-order valence-electron chi connectivity index (χ2n) is 7.46. The molecule has 0 bridgehead atoms. The lowest BCUT2D eigenvalue weighted by Gasteiger charge is -2.30. The normalized spacial score (nSPS) is 14.8. The zero-order chi connectivity index (χ0) is 21.0. The first-order valence-electron chi connectivity index (χ1n) is 9.74. The zero-order valence-electron chi connectivity index (χ0n) is 16.6. The highest BCUT2D eigenvalue weighted by molar-refractivity contribution is 7.89. The minimum atomic E-state index is -3.63. The van der Waals surface area contributed by atoms with E-state index in [2.05, 4.69) is 14.9 Å². The molecule has 8 heteroatoms. The van der Waals surface area contributed by atoms with Gasteiger partial charge in [-0.1, -0.05) is 0 Å². The SMILES string of the molecule is CC(C)NS(=O)(=O)c1ccc(C(=O)Nc2cc(F)ccc2N2CCCCC2)cc1. The van der Waals surface area contributed by atoms with Gasteiger partial charge in [-0.3, -0.25) is 4.79 Å². The van der Waals surface area contributed by atoms with E-state index in [0.717, 1.165) is 31.6 Å². The lowest BCUT2D eigenvalue weighted by Crippen LogP contribution is -2.30. The summed E-state index contributed by atoms with van der Waals surface area (Å²) in [7, 11) is -3.63. The van der Waals surface area contributed by atoms with E-state index in [1.165, 1.54) is 42.8 Å². The van der Waals surface area contributed by atoms with Gasteiger partial charge in [0.15, 0.2) is 0 Å². The Labute approximate surface area is 171 Å². The van der Waals surface area contributed by atoms with E-state index in [1.54, 1.807) is 19.9 Å². The molecule has 1 aliphatic heterocycles. The van der Waals surface area contributed by atoms with E-state index in [0.29, 0.717) is 11.3 Å². The van der Waals surface area contributed by atoms with Gasteiger partial charge in [0.1, 0.15) is 5.82 Å². The molecular formula is C21H26FN3O3S. The van der Waals surface area contributed by atoms with E-state index < -0.39 is 21.7 Å². The van der Waals surface area contributed by atoms with Crippen molar-refractivity contribution in [3.05, 3.63) is 53.8 Å². The zero-order valence-corrected chi connectivity index (χ0v) is 17.4. The van der Waals surface area contributed by atoms with Gasteiger partial charge in [-0.25, -0.2) is 17.5 Å². The van der Waals surface area contributed by atoms with Gasteiger partial charge >= 0.3 is 0 Å². The molecule has 0 aromatic heterocycles. The number of carbonyl (C=O) groups excluding carboxylic acids is 1. The van der Waals surface area contributed by atoms with Crippen molar-refractivity contribution in [2.75, 3.05) is 23.3 Å². The van der Waals surface area contributed by atoms with Gasteiger partial charge in [0.25, 0.3) is 5.91 Å². The molecule has 2 aromatic carbocycles. The molecule has 0 aliphatic carbocycles. The van der Waals surface area contributed by atoms with Crippen LogP contribution in [0.25, 0.3) is 0 Å². The van der Waals surface area contributed by atoms with Crippen LogP contribution >= 0.6 is 0 Å². The van der Waals surface area contributed by atoms with Gasteiger partial charge in [0.2, 0.25) is 10.0 Å². The summed E-state index contributed by atoms with van der Waals surface area (Å²) in [6, 6.07) is 9.82. The third-order valence-electron chi connectivity index (χ3n) is 4.72. The van der Waals surface area contributed by atoms with Crippen LogP contribution in [0.1, 0.15) is 43.5 Å². The lowest BCUT2D eigenvalue weighted by atomic mass is 10.1. The van der Waals surface area contributed by atoms with E-state index in [-0.39, 0.29) is 10.9 Å². The number of benzene rings is 2. The highest BCUT2D eigenvalue weighted by Gasteiger charge is 2.19. The molecular weight excluding hydrogens is 393 g/mol. The third kappa shape index (κ3) is 5.33. The van der Waals surface area contributed by atoms with Gasteiger partial charge < -0.3 is 10.2 Å². The van der Waals surface area contributed by atoms with Crippen LogP contribution in [0.5, 0.6) is 0 Å². The Morgan fingerprint density at radius 1 is 1.03 bits per heavy atom. The van der Waals surface area contributed by atoms with Crippen LogP contribution in [0.3, 0.4) is 0 Å². The average molecular weight is 420 g/mol. The Morgan fingerprint density at radius 2 is 1.69 bits per heavy atom. The van der Waals surface area contributed by atoms with Gasteiger partial charge in [0, 0.05) is 24.7 Å². The van der Waals surface area contributed by atoms with Gasteiger partial charge in [-0.05, 0) is 75.6 Å². The quantitative estimate of drug-likeness (QED) is 0.747. The number of hydrogen-bond acceptors (Lipinski definition) is 4. The first-order valence-corrected chi connectivity index (χ1v) is 11.2. The highest BCUT2D eigenvalue weighted by atomic mass is 32.2. The minimum Gasteiger partial charge on any atom is -0.370 e. The standard InChI is InChI=1S/C21H26FN3O3S/c1-15(2)24-29(27,28)18-9-6-16(7-10-18)21(26)23-19-14-17(22)8-11-20(19)25-12-4-3-5-13-25/h6-11,14-15,24H,3-5,12-13H2,1-2H3,(H,23,26). The topological polar surface area (TPSA) is 78.5 Å². The van der Waals surface area contributed by atoms with Crippen molar-refractivity contribution in [2.24, 2.45) is 0 Å². The number of halogens is 1. The second kappa shape index (κ2) is 8.92. The Kier molecular flexibility index (Phi) is 6.54. The summed E-state index contributed by atoms with van der Waals surface area (Å²) < 4.78 is 40.7. The van der Waals surface area contributed by atoms with Crippen LogP contribution in [-0.4, -0.2) is 33.5 Å². The summed E-state index contributed by atoms with van der Waals surface area (Å²) in [5.74, 6) is -0.850. The molecule has 2 N–H and O–H groups in total. The Hall–Kier alpha value is -2.45. The molecule has 0 unspecified atom stereocenters. The van der Waals surface area contributed by atoms with Crippen LogP contribution in [0.2, 0.25) is 0 Å². The van der Waals surface area contributed by atoms with Crippen molar-refractivity contribution in [2.45, 2.75) is 44.0 Å². The molecule has 1 amide bonds. The number of nitrogens with one attached hydrogen (secondary N) is 2. The number of rotatable bonds is 6. The molecule has 0 atom stereocenters. The summed E-state index contributed by atoms with van der Waals surface area (Å²) in [4.78, 5) is 14.9. The van der Waals surface area contributed by atoms with E-state index >= 15 is 0 Å². The first kappa shape index (κ1) is 21.3. The average Bonchev–Trinajstić information content (AvgIpc) is 2.68. The Bertz CT molecular complexity index is 969. The maximum absolute atomic E-state index is 13.8. The van der Waals surface area contributed by atoms with Crippen molar-refractivity contribution in [1.29, 1.82) is 0 Å². The Morgan fingerprint density at radius 3 is 2.31 bits per heavy atom. The fraction of sp³-hybridized carbons (Fsp3) is 0.381. The predicted octanol–water partition coefficient (Wildman–Crippen LogP) is 3.76. The largest absolute Gasteiger partial charge is 0.370 e. The molecule has 29 heavy (non-hydrogen) atoms. The number of carbonyl (C=O) groups is 1. The fourth-order valence-corrected chi connectivity index (χ4v) is 4.63. The molecule has 1 fully saturated rings. The summed E-state index contributed by atoms with van der Waals surface area (Å²) in [5.41, 5.74) is 1.50. The van der Waals surface area contributed by atoms with Crippen molar-refractivity contribution >= 4 is 27.3 Å². The van der Waals surface area contributed by atoms with Gasteiger partial charge in [-0.15, -0.1) is 0 Å². The summed E-state index contributed by atoms with van der Waals surface area (Å²) in [6.07, 6.45) is 3.29. The molecule has 1 heterocycles. The number of hydrogen-bond donors (Lipinski definition) is 2. The van der Waals surface area contributed by atoms with Gasteiger partial charge in [0.05, 0.1) is 16.3 Å². The Balaban J connectivity index is 1.79. The summed E-state index contributed by atoms with van der Waals surface area (Å²) in [5, 5.41) is 2.77. The number of anilines is 2. The molecule has 1 saturated heterocycles. The molecule has 6 nitrogen and oxygen atoms in total. The minimum absolute atomic E-state index is 0.0857. The number of amides is 1. The fourth-order valence-electron chi connectivity index (χ4n) is 3.38. The van der Waals surface area contributed by atoms with E-state index in [9.17, 15) is 17.6 Å². The van der Waals surface area contributed by atoms with Crippen molar-refractivity contribution in [3.63, 3.8) is 0 Å². The molecule has 156 valence electrons. The summed E-state index contributed by atoms with van der Waals surface area (Å²) >= 11 is 0. The second-order valence-corrected chi connectivity index (χ2v) is 9.18. The molecule has 0 spiro atoms. The van der Waals surface area contributed by atoms with Gasteiger partial charge in [-0.2, -0.15) is 0 Å². The van der Waals surface area contributed by atoms with E-state index in [1.807, 2.05) is 0 Å². The summed E-state index contributed by atoms with van der Waals surface area (Å²) in [6.45, 7) is 5.20. The van der Waals surface area contributed by atoms with Crippen LogP contribution in [0.15, 0.2) is 47.4 Å². The highest BCUT2D eigenvalue weighted by Crippen LogP contribution is 2.29. The molecule has 1 aliphatic rings. The predicted molar refractivity (Wildman–Crippen MR) is 112 cm³/mol. The number of piperidine rings is 1. The monoisotopic (exact) mass is 419 g/mol. The first-order chi connectivity index (χ1) is 13.8. The van der Waals surface area contributed by atoms with Crippen LogP contribution < -0.4 is 14.9 Å². The molecule has 0 radical (unpaired) electrons. The van der Waals surface area contributed by atoms with Crippen LogP contribution in [-0.2, 0) is 10.0 Å². The molecule has 0 saturated carbocycles. The van der Waals surface area contributed by atoms with Crippen molar-refractivity contribution in [3.8, 4) is 0 Å². The number of sulfonamides is 1. The van der Waals surface area contributed by atoms with Crippen molar-refractivity contribution < 1.29 is 17.6 Å². The van der Waals surface area contributed by atoms with Crippen molar-refractivity contribution in [1.82, 2.24) is 4.72 Å². The van der Waals surface area contributed by atoms with E-state index in [4.69, 9.17) is 0 Å². The molecule has 2 aromatic rings. The lowest BCUT2D eigenvalue weighted by molar-refractivity contribution is 0.102. The van der Waals surface area contributed by atoms with Crippen LogP contribution in [0.4, 0.5) is 15.8 Å². The third-order valence-corrected chi connectivity index (χ3v) is 6.40. The maximum Gasteiger partial charge on any atom is 0.255 e. The number of nitrogens with zero attached hydrogens (tertiary/aromatic N) is 1. The smallest absolute Gasteiger partial charge is 0.255 e. The van der Waals surface area contributed by atoms with Crippen LogP contribution in [0, 0.1) is 5.82 Å². The maximum atomic E-state index is 13.8.